The topological polar surface area (TPSA) is 101 Å². The number of rotatable bonds is 6. The molecule has 5 atom stereocenters. The van der Waals surface area contributed by atoms with Crippen LogP contribution in [0.1, 0.15) is 43.7 Å². The van der Waals surface area contributed by atoms with Crippen molar-refractivity contribution in [1.29, 1.82) is 0 Å². The van der Waals surface area contributed by atoms with Crippen molar-refractivity contribution in [2.75, 3.05) is 30.9 Å². The quantitative estimate of drug-likeness (QED) is 0.435. The molecular formula is C30H36N6O3. The molecule has 3 amide bonds. The Morgan fingerprint density at radius 2 is 1.87 bits per heavy atom. The zero-order valence-electron chi connectivity index (χ0n) is 22.3. The van der Waals surface area contributed by atoms with E-state index in [0.717, 1.165) is 50.0 Å². The van der Waals surface area contributed by atoms with E-state index in [-0.39, 0.29) is 36.0 Å². The molecule has 0 radical (unpaired) electrons. The van der Waals surface area contributed by atoms with Crippen LogP contribution in [-0.4, -0.2) is 59.0 Å². The molecule has 1 aromatic heterocycles. The lowest BCUT2D eigenvalue weighted by Crippen LogP contribution is -2.51. The van der Waals surface area contributed by atoms with E-state index in [1.807, 2.05) is 48.7 Å². The number of ether oxygens (including phenoxy) is 1. The Kier molecular flexibility index (Phi) is 7.24. The van der Waals surface area contributed by atoms with E-state index in [1.54, 1.807) is 18.0 Å². The van der Waals surface area contributed by atoms with Gasteiger partial charge in [-0.15, -0.1) is 0 Å². The van der Waals surface area contributed by atoms with Gasteiger partial charge < -0.3 is 25.6 Å². The number of hydrogen-bond acceptors (Lipinski definition) is 5. The third-order valence-electron chi connectivity index (χ3n) is 8.50. The van der Waals surface area contributed by atoms with Crippen molar-refractivity contribution in [3.63, 3.8) is 0 Å². The zero-order valence-corrected chi connectivity index (χ0v) is 22.3. The van der Waals surface area contributed by atoms with E-state index in [4.69, 9.17) is 4.74 Å². The normalized spacial score (nSPS) is 25.8. The molecule has 0 spiro atoms. The molecule has 3 heterocycles. The van der Waals surface area contributed by atoms with Gasteiger partial charge in [0.1, 0.15) is 0 Å². The summed E-state index contributed by atoms with van der Waals surface area (Å²) in [5.74, 6) is 0.226. The number of carbonyl (C=O) groups excluding carboxylic acids is 2. The summed E-state index contributed by atoms with van der Waals surface area (Å²) in [6.07, 6.45) is 8.13. The van der Waals surface area contributed by atoms with Crippen LogP contribution in [0.2, 0.25) is 0 Å². The molecule has 6 rings (SSSR count). The fourth-order valence-electron chi connectivity index (χ4n) is 6.69. The maximum Gasteiger partial charge on any atom is 0.319 e. The first kappa shape index (κ1) is 25.4. The molecule has 3 aliphatic rings. The van der Waals surface area contributed by atoms with Crippen LogP contribution in [0.25, 0.3) is 5.69 Å². The summed E-state index contributed by atoms with van der Waals surface area (Å²) < 4.78 is 7.29. The number of carbonyl (C=O) groups is 2. The second kappa shape index (κ2) is 11.1. The van der Waals surface area contributed by atoms with Crippen LogP contribution in [0.15, 0.2) is 67.0 Å². The summed E-state index contributed by atoms with van der Waals surface area (Å²) in [6, 6.07) is 17.4. The number of urea groups is 1. The molecule has 2 fully saturated rings. The van der Waals surface area contributed by atoms with Crippen LogP contribution < -0.4 is 16.0 Å². The second-order valence-electron chi connectivity index (χ2n) is 10.8. The monoisotopic (exact) mass is 528 g/mol. The van der Waals surface area contributed by atoms with E-state index >= 15 is 0 Å². The van der Waals surface area contributed by atoms with Gasteiger partial charge in [0.15, 0.2) is 0 Å². The fourth-order valence-corrected chi connectivity index (χ4v) is 6.69. The summed E-state index contributed by atoms with van der Waals surface area (Å²) in [5.41, 5.74) is 3.87. The van der Waals surface area contributed by atoms with Gasteiger partial charge in [0.05, 0.1) is 30.3 Å². The third kappa shape index (κ3) is 5.11. The maximum absolute atomic E-state index is 14.1. The molecule has 3 N–H and O–H groups in total. The Morgan fingerprint density at radius 3 is 2.67 bits per heavy atom. The molecule has 1 saturated heterocycles. The number of anilines is 2. The first-order valence-electron chi connectivity index (χ1n) is 13.9. The van der Waals surface area contributed by atoms with Crippen molar-refractivity contribution in [2.24, 2.45) is 11.8 Å². The van der Waals surface area contributed by atoms with Gasteiger partial charge in [0.2, 0.25) is 5.91 Å². The number of benzene rings is 2. The SMILES string of the molecule is COC[C@@H]1Nc2ccccc2[C@H]2[C@H]1CCN2C(=O)[C@H]1CCCC[C@H]1NC(=O)Nc1ccc(-n2cccn2)cc1. The maximum atomic E-state index is 14.1. The lowest BCUT2D eigenvalue weighted by Gasteiger charge is -2.41. The highest BCUT2D eigenvalue weighted by atomic mass is 16.5. The Morgan fingerprint density at radius 1 is 1.05 bits per heavy atom. The summed E-state index contributed by atoms with van der Waals surface area (Å²) in [7, 11) is 1.73. The van der Waals surface area contributed by atoms with Gasteiger partial charge in [0, 0.05) is 49.4 Å². The molecular weight excluding hydrogens is 492 g/mol. The highest BCUT2D eigenvalue weighted by Crippen LogP contribution is 2.47. The molecule has 2 aliphatic heterocycles. The molecule has 1 aliphatic carbocycles. The van der Waals surface area contributed by atoms with Crippen LogP contribution in [0.4, 0.5) is 16.2 Å². The largest absolute Gasteiger partial charge is 0.383 e. The number of fused-ring (bicyclic) bond motifs is 3. The third-order valence-corrected chi connectivity index (χ3v) is 8.50. The molecule has 3 aromatic rings. The number of methoxy groups -OCH3 is 1. The molecule has 1 saturated carbocycles. The Balaban J connectivity index is 1.15. The Labute approximate surface area is 228 Å². The van der Waals surface area contributed by atoms with Gasteiger partial charge in [-0.25, -0.2) is 9.48 Å². The van der Waals surface area contributed by atoms with Crippen molar-refractivity contribution >= 4 is 23.3 Å². The molecule has 204 valence electrons. The van der Waals surface area contributed by atoms with Gasteiger partial charge in [-0.3, -0.25) is 4.79 Å². The van der Waals surface area contributed by atoms with Gasteiger partial charge >= 0.3 is 6.03 Å². The van der Waals surface area contributed by atoms with E-state index in [2.05, 4.69) is 38.1 Å². The number of aromatic nitrogens is 2. The first-order chi connectivity index (χ1) is 19.1. The number of likely N-dealkylation sites (tertiary alicyclic amines) is 1. The Bertz CT molecular complexity index is 1290. The number of para-hydroxylation sites is 1. The van der Waals surface area contributed by atoms with Crippen LogP contribution in [-0.2, 0) is 9.53 Å². The van der Waals surface area contributed by atoms with Crippen molar-refractivity contribution in [3.05, 3.63) is 72.6 Å². The molecule has 2 aromatic carbocycles. The standard InChI is InChI=1S/C30H36N6O3/c1-39-19-27-23-15-18-35(28(23)22-7-2-4-9-25(22)33-27)29(37)24-8-3-5-10-26(24)34-30(38)32-20-11-13-21(14-12-20)36-17-6-16-31-36/h2,4,6-7,9,11-14,16-17,23-24,26-28,33H,3,5,8,10,15,18-19H2,1H3,(H2,32,34,38)/t23-,24-,26+,27-,28-/m0/s1. The predicted octanol–water partition coefficient (Wildman–Crippen LogP) is 4.58. The smallest absolute Gasteiger partial charge is 0.319 e. The lowest BCUT2D eigenvalue weighted by atomic mass is 9.81. The van der Waals surface area contributed by atoms with Crippen molar-refractivity contribution < 1.29 is 14.3 Å². The van der Waals surface area contributed by atoms with Crippen LogP contribution in [0, 0.1) is 11.8 Å². The van der Waals surface area contributed by atoms with Gasteiger partial charge in [-0.05, 0) is 61.2 Å². The highest BCUT2D eigenvalue weighted by molar-refractivity contribution is 5.90. The first-order valence-corrected chi connectivity index (χ1v) is 13.9. The minimum Gasteiger partial charge on any atom is -0.383 e. The van der Waals surface area contributed by atoms with Crippen LogP contribution >= 0.6 is 0 Å². The summed E-state index contributed by atoms with van der Waals surface area (Å²) in [6.45, 7) is 1.33. The average Bonchev–Trinajstić information content (AvgIpc) is 3.65. The van der Waals surface area contributed by atoms with E-state index < -0.39 is 0 Å². The van der Waals surface area contributed by atoms with E-state index in [0.29, 0.717) is 18.2 Å². The number of nitrogens with zero attached hydrogens (tertiary/aromatic N) is 3. The Hall–Kier alpha value is -3.85. The van der Waals surface area contributed by atoms with Crippen molar-refractivity contribution in [1.82, 2.24) is 20.0 Å². The van der Waals surface area contributed by atoms with Crippen LogP contribution in [0.5, 0.6) is 0 Å². The summed E-state index contributed by atoms with van der Waals surface area (Å²) in [5, 5.41) is 14.0. The summed E-state index contributed by atoms with van der Waals surface area (Å²) in [4.78, 5) is 29.2. The van der Waals surface area contributed by atoms with Gasteiger partial charge in [0.25, 0.3) is 0 Å². The molecule has 39 heavy (non-hydrogen) atoms. The average molecular weight is 529 g/mol. The predicted molar refractivity (Wildman–Crippen MR) is 150 cm³/mol. The van der Waals surface area contributed by atoms with Crippen molar-refractivity contribution in [2.45, 2.75) is 50.2 Å². The number of hydrogen-bond donors (Lipinski definition) is 3. The van der Waals surface area contributed by atoms with Gasteiger partial charge in [-0.1, -0.05) is 31.0 Å². The minimum atomic E-state index is -0.279. The van der Waals surface area contributed by atoms with Crippen LogP contribution in [0.3, 0.4) is 0 Å². The second-order valence-corrected chi connectivity index (χ2v) is 10.8. The van der Waals surface area contributed by atoms with Gasteiger partial charge in [-0.2, -0.15) is 5.10 Å². The van der Waals surface area contributed by atoms with Crippen molar-refractivity contribution in [3.8, 4) is 5.69 Å². The lowest BCUT2D eigenvalue weighted by molar-refractivity contribution is -0.138. The number of nitrogens with one attached hydrogen (secondary N) is 3. The number of amides is 3. The zero-order chi connectivity index (χ0) is 26.8. The molecule has 9 nitrogen and oxygen atoms in total. The molecule has 0 unspecified atom stereocenters. The molecule has 0 bridgehead atoms. The summed E-state index contributed by atoms with van der Waals surface area (Å²) >= 11 is 0. The molecule has 9 heteroatoms. The van der Waals surface area contributed by atoms with E-state index in [1.165, 1.54) is 5.56 Å². The minimum absolute atomic E-state index is 0.0276. The van der Waals surface area contributed by atoms with E-state index in [9.17, 15) is 9.59 Å². The fraction of sp³-hybridized carbons (Fsp3) is 0.433. The highest BCUT2D eigenvalue weighted by Gasteiger charge is 2.48.